The van der Waals surface area contributed by atoms with E-state index in [-0.39, 0.29) is 11.8 Å². The Hall–Kier alpha value is -1.72. The number of aromatic nitrogens is 3. The predicted octanol–water partition coefficient (Wildman–Crippen LogP) is 1.15. The van der Waals surface area contributed by atoms with Gasteiger partial charge >= 0.3 is 5.97 Å². The highest BCUT2D eigenvalue weighted by molar-refractivity contribution is 5.72. The smallest absolute Gasteiger partial charge is 0.308 e. The van der Waals surface area contributed by atoms with Crippen molar-refractivity contribution in [2.24, 2.45) is 11.8 Å². The molecular formula is C13H20N4O2. The van der Waals surface area contributed by atoms with E-state index >= 15 is 0 Å². The summed E-state index contributed by atoms with van der Waals surface area (Å²) in [6, 6.07) is 0. The van der Waals surface area contributed by atoms with Crippen molar-refractivity contribution >= 4 is 11.9 Å². The lowest BCUT2D eigenvalue weighted by molar-refractivity contribution is -0.142. The van der Waals surface area contributed by atoms with Gasteiger partial charge in [0.05, 0.1) is 17.3 Å². The van der Waals surface area contributed by atoms with E-state index < -0.39 is 5.97 Å². The van der Waals surface area contributed by atoms with Gasteiger partial charge in [-0.3, -0.25) is 4.79 Å². The Morgan fingerprint density at radius 1 is 1.26 bits per heavy atom. The molecule has 1 fully saturated rings. The van der Waals surface area contributed by atoms with Gasteiger partial charge in [0.2, 0.25) is 5.95 Å². The highest BCUT2D eigenvalue weighted by Crippen LogP contribution is 2.26. The minimum atomic E-state index is -0.746. The number of carboxylic acid groups (broad SMARTS) is 1. The number of anilines is 1. The molecule has 1 aromatic rings. The Kier molecular flexibility index (Phi) is 3.97. The summed E-state index contributed by atoms with van der Waals surface area (Å²) in [5.41, 5.74) is 1.88. The monoisotopic (exact) mass is 264 g/mol. The molecule has 1 saturated heterocycles. The van der Waals surface area contributed by atoms with Gasteiger partial charge in [0.15, 0.2) is 0 Å². The number of carbonyl (C=O) groups is 1. The Bertz CT molecular complexity index is 478. The number of aryl methyl sites for hydroxylation is 2. The Balaban J connectivity index is 2.22. The van der Waals surface area contributed by atoms with Crippen LogP contribution in [-0.4, -0.2) is 39.3 Å². The number of hydrogen-bond donors (Lipinski definition) is 1. The molecule has 2 atom stereocenters. The Labute approximate surface area is 112 Å². The molecule has 0 aromatic carbocycles. The first kappa shape index (κ1) is 13.7. The average Bonchev–Trinajstić information content (AvgIpc) is 2.80. The lowest BCUT2D eigenvalue weighted by Gasteiger charge is -2.16. The van der Waals surface area contributed by atoms with Crippen LogP contribution in [-0.2, 0) is 17.6 Å². The second-order valence-electron chi connectivity index (χ2n) is 5.04. The van der Waals surface area contributed by atoms with E-state index in [9.17, 15) is 4.79 Å². The van der Waals surface area contributed by atoms with Crippen LogP contribution in [0, 0.1) is 11.8 Å². The van der Waals surface area contributed by atoms with Gasteiger partial charge in [0.25, 0.3) is 0 Å². The minimum absolute atomic E-state index is 0.108. The molecule has 0 aliphatic carbocycles. The fourth-order valence-electron chi connectivity index (χ4n) is 2.51. The highest BCUT2D eigenvalue weighted by atomic mass is 16.4. The van der Waals surface area contributed by atoms with Crippen LogP contribution in [0.25, 0.3) is 0 Å². The fraction of sp³-hybridized carbons (Fsp3) is 0.692. The van der Waals surface area contributed by atoms with E-state index in [1.54, 1.807) is 0 Å². The summed E-state index contributed by atoms with van der Waals surface area (Å²) in [5, 5.41) is 17.5. The molecule has 2 heterocycles. The summed E-state index contributed by atoms with van der Waals surface area (Å²) in [4.78, 5) is 17.6. The van der Waals surface area contributed by atoms with Crippen LogP contribution in [0.5, 0.6) is 0 Å². The normalized spacial score (nSPS) is 22.8. The summed E-state index contributed by atoms with van der Waals surface area (Å²) in [5.74, 6) is -0.426. The van der Waals surface area contributed by atoms with E-state index in [1.165, 1.54) is 0 Å². The lowest BCUT2D eigenvalue weighted by atomic mass is 9.99. The zero-order valence-corrected chi connectivity index (χ0v) is 11.6. The molecule has 6 nitrogen and oxygen atoms in total. The molecule has 2 rings (SSSR count). The Morgan fingerprint density at radius 2 is 1.95 bits per heavy atom. The van der Waals surface area contributed by atoms with E-state index in [1.807, 2.05) is 25.7 Å². The third kappa shape index (κ3) is 2.67. The number of carboxylic acids is 1. The molecule has 1 N–H and O–H groups in total. The highest BCUT2D eigenvalue weighted by Gasteiger charge is 2.36. The molecule has 1 aliphatic heterocycles. The van der Waals surface area contributed by atoms with Crippen molar-refractivity contribution in [3.63, 3.8) is 0 Å². The first-order valence-electron chi connectivity index (χ1n) is 6.77. The van der Waals surface area contributed by atoms with Gasteiger partial charge in [0.1, 0.15) is 0 Å². The number of hydrogen-bond acceptors (Lipinski definition) is 5. The summed E-state index contributed by atoms with van der Waals surface area (Å²) in [7, 11) is 0. The van der Waals surface area contributed by atoms with Crippen molar-refractivity contribution in [2.75, 3.05) is 18.0 Å². The molecule has 6 heteroatoms. The van der Waals surface area contributed by atoms with Crippen LogP contribution in [0.3, 0.4) is 0 Å². The SMILES string of the molecule is CCc1nnc(N2C[C@@H](C)[C@H](C(=O)O)C2)nc1CC. The number of aliphatic carboxylic acids is 1. The molecule has 0 amide bonds. The number of nitrogens with zero attached hydrogens (tertiary/aromatic N) is 4. The molecular weight excluding hydrogens is 244 g/mol. The molecule has 1 aromatic heterocycles. The zero-order chi connectivity index (χ0) is 14.0. The number of rotatable bonds is 4. The van der Waals surface area contributed by atoms with Crippen molar-refractivity contribution in [3.05, 3.63) is 11.4 Å². The van der Waals surface area contributed by atoms with Crippen molar-refractivity contribution in [1.29, 1.82) is 0 Å². The summed E-state index contributed by atoms with van der Waals surface area (Å²) in [6.07, 6.45) is 1.63. The van der Waals surface area contributed by atoms with Crippen molar-refractivity contribution in [2.45, 2.75) is 33.6 Å². The summed E-state index contributed by atoms with van der Waals surface area (Å²) >= 11 is 0. The van der Waals surface area contributed by atoms with Gasteiger partial charge in [0, 0.05) is 13.1 Å². The predicted molar refractivity (Wildman–Crippen MR) is 71.1 cm³/mol. The Morgan fingerprint density at radius 3 is 2.47 bits per heavy atom. The van der Waals surface area contributed by atoms with E-state index in [2.05, 4.69) is 15.2 Å². The summed E-state index contributed by atoms with van der Waals surface area (Å²) in [6.45, 7) is 7.16. The zero-order valence-electron chi connectivity index (χ0n) is 11.6. The molecule has 0 saturated carbocycles. The first-order chi connectivity index (χ1) is 9.06. The maximum atomic E-state index is 11.1. The lowest BCUT2D eigenvalue weighted by Crippen LogP contribution is -2.25. The van der Waals surface area contributed by atoms with Gasteiger partial charge in [-0.1, -0.05) is 20.8 Å². The van der Waals surface area contributed by atoms with Crippen molar-refractivity contribution in [1.82, 2.24) is 15.2 Å². The molecule has 0 spiro atoms. The van der Waals surface area contributed by atoms with Crippen LogP contribution >= 0.6 is 0 Å². The second kappa shape index (κ2) is 5.50. The van der Waals surface area contributed by atoms with E-state index in [0.29, 0.717) is 19.0 Å². The molecule has 0 unspecified atom stereocenters. The second-order valence-corrected chi connectivity index (χ2v) is 5.04. The average molecular weight is 264 g/mol. The van der Waals surface area contributed by atoms with Gasteiger partial charge in [-0.05, 0) is 18.8 Å². The van der Waals surface area contributed by atoms with Gasteiger partial charge in [-0.25, -0.2) is 4.98 Å². The van der Waals surface area contributed by atoms with Crippen molar-refractivity contribution in [3.8, 4) is 0 Å². The minimum Gasteiger partial charge on any atom is -0.481 e. The third-order valence-corrected chi connectivity index (χ3v) is 3.71. The van der Waals surface area contributed by atoms with E-state index in [0.717, 1.165) is 24.2 Å². The van der Waals surface area contributed by atoms with Crippen LogP contribution in [0.15, 0.2) is 0 Å². The molecule has 0 radical (unpaired) electrons. The standard InChI is InChI=1S/C13H20N4O2/c1-4-10-11(5-2)15-16-13(14-10)17-6-8(3)9(7-17)12(18)19/h8-9H,4-7H2,1-3H3,(H,18,19)/t8-,9-/m1/s1. The van der Waals surface area contributed by atoms with Crippen LogP contribution in [0.1, 0.15) is 32.2 Å². The maximum absolute atomic E-state index is 11.1. The van der Waals surface area contributed by atoms with Crippen molar-refractivity contribution < 1.29 is 9.90 Å². The quantitative estimate of drug-likeness (QED) is 0.879. The molecule has 19 heavy (non-hydrogen) atoms. The largest absolute Gasteiger partial charge is 0.481 e. The van der Waals surface area contributed by atoms with Gasteiger partial charge in [-0.2, -0.15) is 5.10 Å². The maximum Gasteiger partial charge on any atom is 0.308 e. The van der Waals surface area contributed by atoms with Crippen LogP contribution < -0.4 is 4.90 Å². The third-order valence-electron chi connectivity index (χ3n) is 3.71. The molecule has 0 bridgehead atoms. The van der Waals surface area contributed by atoms with Gasteiger partial charge in [-0.15, -0.1) is 5.10 Å². The first-order valence-corrected chi connectivity index (χ1v) is 6.77. The van der Waals surface area contributed by atoms with Crippen LogP contribution in [0.4, 0.5) is 5.95 Å². The molecule has 104 valence electrons. The van der Waals surface area contributed by atoms with Gasteiger partial charge < -0.3 is 10.0 Å². The van der Waals surface area contributed by atoms with Crippen LogP contribution in [0.2, 0.25) is 0 Å². The fourth-order valence-corrected chi connectivity index (χ4v) is 2.51. The summed E-state index contributed by atoms with van der Waals surface area (Å²) < 4.78 is 0. The molecule has 1 aliphatic rings. The topological polar surface area (TPSA) is 79.2 Å². The van der Waals surface area contributed by atoms with E-state index in [4.69, 9.17) is 5.11 Å².